The van der Waals surface area contributed by atoms with Crippen molar-refractivity contribution in [2.75, 3.05) is 6.61 Å². The van der Waals surface area contributed by atoms with Crippen LogP contribution in [0.3, 0.4) is 0 Å². The summed E-state index contributed by atoms with van der Waals surface area (Å²) in [7, 11) is -1.77. The summed E-state index contributed by atoms with van der Waals surface area (Å²) in [6.45, 7) is 13.8. The van der Waals surface area contributed by atoms with Gasteiger partial charge in [0.2, 0.25) is 0 Å². The van der Waals surface area contributed by atoms with Gasteiger partial charge in [0.25, 0.3) is 0 Å². The Labute approximate surface area is 178 Å². The van der Waals surface area contributed by atoms with Crippen molar-refractivity contribution in [1.82, 2.24) is 0 Å². The molecule has 3 heteroatoms. The number of rotatable bonds is 16. The molecule has 0 aliphatic heterocycles. The molecule has 0 saturated heterocycles. The second kappa shape index (κ2) is 16.5. The number of hydrogen-bond donors (Lipinski definition) is 1. The second-order valence-corrected chi connectivity index (χ2v) is 14.7. The Balaban J connectivity index is 3.50. The van der Waals surface area contributed by atoms with Gasteiger partial charge in [-0.2, -0.15) is 0 Å². The van der Waals surface area contributed by atoms with Crippen LogP contribution in [-0.4, -0.2) is 26.1 Å². The van der Waals surface area contributed by atoms with E-state index in [0.29, 0.717) is 13.0 Å². The Hall–Kier alpha value is -0.303. The monoisotopic (exact) mass is 410 g/mol. The van der Waals surface area contributed by atoms with Crippen LogP contribution in [0.5, 0.6) is 0 Å². The van der Waals surface area contributed by atoms with Crippen molar-refractivity contribution in [3.63, 3.8) is 0 Å². The highest BCUT2D eigenvalue weighted by atomic mass is 28.4. The van der Waals surface area contributed by atoms with Crippen LogP contribution in [0, 0.1) is 11.8 Å². The zero-order valence-corrected chi connectivity index (χ0v) is 21.0. The van der Waals surface area contributed by atoms with Gasteiger partial charge in [0.1, 0.15) is 0 Å². The van der Waals surface area contributed by atoms with E-state index in [2.05, 4.69) is 52.6 Å². The van der Waals surface area contributed by atoms with Crippen molar-refractivity contribution in [2.45, 2.75) is 142 Å². The van der Waals surface area contributed by atoms with Crippen LogP contribution >= 0.6 is 0 Å². The number of aliphatic hydroxyl groups excluding tert-OH is 1. The smallest absolute Gasteiger partial charge is 0.192 e. The molecule has 0 aromatic rings. The van der Waals surface area contributed by atoms with Crippen molar-refractivity contribution in [3.05, 3.63) is 0 Å². The van der Waals surface area contributed by atoms with Crippen molar-refractivity contribution >= 4 is 8.32 Å². The lowest BCUT2D eigenvalue weighted by Crippen LogP contribution is -2.42. The first-order valence-electron chi connectivity index (χ1n) is 12.0. The minimum absolute atomic E-state index is 0.188. The molecule has 1 atom stereocenters. The van der Waals surface area contributed by atoms with Gasteiger partial charge < -0.3 is 9.53 Å². The first-order chi connectivity index (χ1) is 13.2. The fourth-order valence-electron chi connectivity index (χ4n) is 2.91. The molecule has 2 nitrogen and oxygen atoms in total. The lowest BCUT2D eigenvalue weighted by molar-refractivity contribution is 0.104. The van der Waals surface area contributed by atoms with E-state index in [1.54, 1.807) is 0 Å². The summed E-state index contributed by atoms with van der Waals surface area (Å²) in [4.78, 5) is 0. The van der Waals surface area contributed by atoms with E-state index < -0.39 is 14.4 Å². The predicted octanol–water partition coefficient (Wildman–Crippen LogP) is 7.85. The third-order valence-electron chi connectivity index (χ3n) is 6.06. The van der Waals surface area contributed by atoms with Gasteiger partial charge in [0, 0.05) is 12.8 Å². The molecule has 1 N–H and O–H groups in total. The van der Waals surface area contributed by atoms with Gasteiger partial charge in [-0.3, -0.25) is 0 Å². The average Bonchev–Trinajstić information content (AvgIpc) is 2.62. The van der Waals surface area contributed by atoms with E-state index in [1.807, 2.05) is 0 Å². The van der Waals surface area contributed by atoms with E-state index in [1.165, 1.54) is 77.0 Å². The van der Waals surface area contributed by atoms with Gasteiger partial charge >= 0.3 is 0 Å². The highest BCUT2D eigenvalue weighted by Gasteiger charge is 2.37. The maximum atomic E-state index is 10.1. The van der Waals surface area contributed by atoms with E-state index in [9.17, 15) is 5.11 Å². The van der Waals surface area contributed by atoms with Gasteiger partial charge in [-0.05, 0) is 24.6 Å². The summed E-state index contributed by atoms with van der Waals surface area (Å²) in [6, 6.07) is 0. The molecule has 0 aromatic carbocycles. The summed E-state index contributed by atoms with van der Waals surface area (Å²) >= 11 is 0. The maximum Gasteiger partial charge on any atom is 0.192 e. The molecule has 0 aromatic heterocycles. The molecule has 0 spiro atoms. The number of aliphatic hydroxyl groups is 1. The lowest BCUT2D eigenvalue weighted by atomic mass is 10.0. The van der Waals surface area contributed by atoms with Crippen molar-refractivity contribution in [3.8, 4) is 11.8 Å². The molecule has 1 unspecified atom stereocenters. The Morgan fingerprint density at radius 2 is 1.25 bits per heavy atom. The lowest BCUT2D eigenvalue weighted by Gasteiger charge is -2.36. The number of unbranched alkanes of at least 4 members (excludes halogenated alkanes) is 12. The van der Waals surface area contributed by atoms with E-state index in [4.69, 9.17) is 4.43 Å². The highest BCUT2D eigenvalue weighted by molar-refractivity contribution is 6.74. The zero-order chi connectivity index (χ0) is 21.3. The molecule has 0 heterocycles. The van der Waals surface area contributed by atoms with Gasteiger partial charge in [-0.25, -0.2) is 0 Å². The molecule has 0 rings (SSSR count). The van der Waals surface area contributed by atoms with Crippen LogP contribution in [-0.2, 0) is 4.43 Å². The first-order valence-corrected chi connectivity index (χ1v) is 14.9. The summed E-state index contributed by atoms with van der Waals surface area (Å²) in [5.41, 5.74) is 0. The molecule has 0 aliphatic rings. The summed E-state index contributed by atoms with van der Waals surface area (Å²) in [5.74, 6) is 6.36. The Bertz CT molecular complexity index is 414. The summed E-state index contributed by atoms with van der Waals surface area (Å²) in [5, 5.41) is 10.3. The first kappa shape index (κ1) is 27.7. The summed E-state index contributed by atoms with van der Waals surface area (Å²) in [6.07, 6.45) is 17.6. The minimum Gasteiger partial charge on any atom is -0.414 e. The van der Waals surface area contributed by atoms with Crippen LogP contribution < -0.4 is 0 Å². The molecule has 0 bridgehead atoms. The fraction of sp³-hybridized carbons (Fsp3) is 0.920. The standard InChI is InChI=1S/C25H50O2Si/c1-7-8-9-10-11-12-13-14-15-16-17-18-19-20-21-22-24(26)23-27-28(5,6)25(2,3)4/h24,26H,7-19,22-23H2,1-6H3. The van der Waals surface area contributed by atoms with E-state index in [-0.39, 0.29) is 5.04 Å². The molecular weight excluding hydrogens is 360 g/mol. The molecule has 0 saturated carbocycles. The molecule has 166 valence electrons. The third-order valence-corrected chi connectivity index (χ3v) is 10.6. The van der Waals surface area contributed by atoms with Crippen molar-refractivity contribution in [2.24, 2.45) is 0 Å². The van der Waals surface area contributed by atoms with Crippen LogP contribution in [0.25, 0.3) is 0 Å². The molecular formula is C25H50O2Si. The third kappa shape index (κ3) is 15.6. The van der Waals surface area contributed by atoms with Crippen LogP contribution in [0.2, 0.25) is 18.1 Å². The predicted molar refractivity (Wildman–Crippen MR) is 127 cm³/mol. The van der Waals surface area contributed by atoms with E-state index in [0.717, 1.165) is 6.42 Å². The SMILES string of the molecule is CCCCCCCCCCCCCCC#CCC(O)CO[Si](C)(C)C(C)(C)C. The van der Waals surface area contributed by atoms with Crippen molar-refractivity contribution < 1.29 is 9.53 Å². The Kier molecular flexibility index (Phi) is 16.3. The van der Waals surface area contributed by atoms with Crippen LogP contribution in [0.4, 0.5) is 0 Å². The normalized spacial score (nSPS) is 13.2. The van der Waals surface area contributed by atoms with Crippen LogP contribution in [0.1, 0.15) is 118 Å². The molecule has 28 heavy (non-hydrogen) atoms. The molecule has 0 amide bonds. The average molecular weight is 411 g/mol. The van der Waals surface area contributed by atoms with Crippen LogP contribution in [0.15, 0.2) is 0 Å². The van der Waals surface area contributed by atoms with Gasteiger partial charge in [0.05, 0.1) is 12.7 Å². The highest BCUT2D eigenvalue weighted by Crippen LogP contribution is 2.36. The van der Waals surface area contributed by atoms with Crippen molar-refractivity contribution in [1.29, 1.82) is 0 Å². The van der Waals surface area contributed by atoms with Gasteiger partial charge in [-0.1, -0.05) is 98.3 Å². The fourth-order valence-corrected chi connectivity index (χ4v) is 3.95. The topological polar surface area (TPSA) is 29.5 Å². The zero-order valence-electron chi connectivity index (χ0n) is 20.0. The Morgan fingerprint density at radius 1 is 0.786 bits per heavy atom. The second-order valence-electron chi connectivity index (χ2n) is 9.92. The molecule has 0 radical (unpaired) electrons. The van der Waals surface area contributed by atoms with Gasteiger partial charge in [0.15, 0.2) is 8.32 Å². The quantitative estimate of drug-likeness (QED) is 0.159. The maximum absolute atomic E-state index is 10.1. The van der Waals surface area contributed by atoms with Gasteiger partial charge in [-0.15, -0.1) is 11.8 Å². The molecule has 0 fully saturated rings. The minimum atomic E-state index is -1.77. The molecule has 0 aliphatic carbocycles. The Morgan fingerprint density at radius 3 is 1.71 bits per heavy atom. The van der Waals surface area contributed by atoms with E-state index >= 15 is 0 Å². The number of hydrogen-bond acceptors (Lipinski definition) is 2. The summed E-state index contributed by atoms with van der Waals surface area (Å²) < 4.78 is 6.05. The largest absolute Gasteiger partial charge is 0.414 e.